The number of aromatic nitrogens is 2. The quantitative estimate of drug-likeness (QED) is 0.846. The maximum Gasteiger partial charge on any atom is 0.124 e. The average molecular weight is 282 g/mol. The van der Waals surface area contributed by atoms with Gasteiger partial charge in [-0.25, -0.2) is 4.98 Å². The number of H-pyrrole nitrogens is 1. The number of hydrogen-bond acceptors (Lipinski definition) is 3. The number of para-hydroxylation sites is 2. The van der Waals surface area contributed by atoms with Gasteiger partial charge in [0.05, 0.1) is 23.6 Å². The van der Waals surface area contributed by atoms with Crippen molar-refractivity contribution < 1.29 is 0 Å². The smallest absolute Gasteiger partial charge is 0.124 e. The molecule has 110 valence electrons. The molecule has 21 heavy (non-hydrogen) atoms. The number of fused-ring (bicyclic) bond motifs is 1. The summed E-state index contributed by atoms with van der Waals surface area (Å²) in [6, 6.07) is 8.94. The minimum absolute atomic E-state index is 0.238. The molecule has 2 N–H and O–H groups in total. The zero-order valence-corrected chi connectivity index (χ0v) is 12.5. The summed E-state index contributed by atoms with van der Waals surface area (Å²) in [7, 11) is 0. The van der Waals surface area contributed by atoms with Crippen LogP contribution in [0.5, 0.6) is 0 Å². The van der Waals surface area contributed by atoms with Crippen molar-refractivity contribution in [1.82, 2.24) is 20.2 Å². The first-order valence-electron chi connectivity index (χ1n) is 7.63. The maximum atomic E-state index is 5.37. The van der Waals surface area contributed by atoms with Crippen molar-refractivity contribution in [2.75, 3.05) is 19.6 Å². The second kappa shape index (κ2) is 6.30. The Balaban J connectivity index is 1.59. The highest BCUT2D eigenvalue weighted by Gasteiger charge is 2.21. The Morgan fingerprint density at radius 1 is 1.43 bits per heavy atom. The van der Waals surface area contributed by atoms with Crippen molar-refractivity contribution in [2.24, 2.45) is 0 Å². The molecule has 0 saturated carbocycles. The van der Waals surface area contributed by atoms with Crippen LogP contribution in [0.3, 0.4) is 0 Å². The molecule has 0 aliphatic carbocycles. The highest BCUT2D eigenvalue weighted by Crippen LogP contribution is 2.18. The highest BCUT2D eigenvalue weighted by atomic mass is 15.1. The Labute approximate surface area is 125 Å². The molecule has 3 rings (SSSR count). The standard InChI is InChI=1S/C17H22N4/c1-3-10-21-11-8-14(9-12-21)18-13(2)17-19-15-6-4-5-7-16(15)20-17/h1,4-7,13-14,18H,8-12H2,2H3,(H,19,20). The number of terminal acetylenes is 1. The summed E-state index contributed by atoms with van der Waals surface area (Å²) in [5, 5.41) is 3.69. The molecule has 1 fully saturated rings. The van der Waals surface area contributed by atoms with E-state index in [0.717, 1.165) is 49.3 Å². The lowest BCUT2D eigenvalue weighted by atomic mass is 10.0. The second-order valence-corrected chi connectivity index (χ2v) is 5.78. The third kappa shape index (κ3) is 3.26. The third-order valence-electron chi connectivity index (χ3n) is 4.21. The van der Waals surface area contributed by atoms with E-state index in [-0.39, 0.29) is 6.04 Å². The molecule has 1 aliphatic rings. The molecule has 2 heterocycles. The summed E-state index contributed by atoms with van der Waals surface area (Å²) in [5.41, 5.74) is 2.13. The van der Waals surface area contributed by atoms with E-state index >= 15 is 0 Å². The minimum atomic E-state index is 0.238. The predicted octanol–water partition coefficient (Wildman–Crippen LogP) is 2.31. The van der Waals surface area contributed by atoms with Gasteiger partial charge in [-0.05, 0) is 31.9 Å². The van der Waals surface area contributed by atoms with E-state index in [4.69, 9.17) is 6.42 Å². The Kier molecular flexibility index (Phi) is 4.23. The summed E-state index contributed by atoms with van der Waals surface area (Å²) in [6.45, 7) is 5.10. The van der Waals surface area contributed by atoms with Crippen LogP contribution in [-0.2, 0) is 0 Å². The first-order chi connectivity index (χ1) is 10.3. The van der Waals surface area contributed by atoms with Crippen LogP contribution in [0.2, 0.25) is 0 Å². The van der Waals surface area contributed by atoms with Gasteiger partial charge in [-0.15, -0.1) is 6.42 Å². The zero-order chi connectivity index (χ0) is 14.7. The van der Waals surface area contributed by atoms with E-state index < -0.39 is 0 Å². The molecule has 0 bridgehead atoms. The fraction of sp³-hybridized carbons (Fsp3) is 0.471. The SMILES string of the molecule is C#CCN1CCC(NC(C)c2nc3ccccc3[nH]2)CC1. The van der Waals surface area contributed by atoms with E-state index in [0.29, 0.717) is 6.04 Å². The fourth-order valence-electron chi connectivity index (χ4n) is 3.00. The molecule has 4 heteroatoms. The monoisotopic (exact) mass is 282 g/mol. The van der Waals surface area contributed by atoms with Crippen molar-refractivity contribution in [2.45, 2.75) is 31.8 Å². The van der Waals surface area contributed by atoms with Gasteiger partial charge in [0.25, 0.3) is 0 Å². The Hall–Kier alpha value is -1.83. The van der Waals surface area contributed by atoms with E-state index in [2.05, 4.69) is 39.1 Å². The van der Waals surface area contributed by atoms with Gasteiger partial charge in [-0.2, -0.15) is 0 Å². The molecule has 1 aliphatic heterocycles. The molecule has 2 aromatic rings. The second-order valence-electron chi connectivity index (χ2n) is 5.78. The van der Waals surface area contributed by atoms with Crippen molar-refractivity contribution in [3.8, 4) is 12.3 Å². The molecule has 1 saturated heterocycles. The summed E-state index contributed by atoms with van der Waals surface area (Å²) in [6.07, 6.45) is 7.66. The molecular weight excluding hydrogens is 260 g/mol. The van der Waals surface area contributed by atoms with Gasteiger partial charge in [-0.1, -0.05) is 18.1 Å². The molecule has 0 amide bonds. The largest absolute Gasteiger partial charge is 0.341 e. The first-order valence-corrected chi connectivity index (χ1v) is 7.63. The van der Waals surface area contributed by atoms with E-state index in [1.165, 1.54) is 0 Å². The molecule has 4 nitrogen and oxygen atoms in total. The number of likely N-dealkylation sites (tertiary alicyclic amines) is 1. The van der Waals surface area contributed by atoms with Crippen LogP contribution in [0.15, 0.2) is 24.3 Å². The maximum absolute atomic E-state index is 5.37. The first kappa shape index (κ1) is 14.1. The van der Waals surface area contributed by atoms with E-state index in [9.17, 15) is 0 Å². The third-order valence-corrected chi connectivity index (χ3v) is 4.21. The van der Waals surface area contributed by atoms with Crippen LogP contribution >= 0.6 is 0 Å². The Morgan fingerprint density at radius 2 is 2.19 bits per heavy atom. The van der Waals surface area contributed by atoms with Gasteiger partial charge in [-0.3, -0.25) is 4.90 Å². The molecular formula is C17H22N4. The van der Waals surface area contributed by atoms with Crippen molar-refractivity contribution >= 4 is 11.0 Å². The molecule has 1 aromatic carbocycles. The van der Waals surface area contributed by atoms with Gasteiger partial charge in [0, 0.05) is 19.1 Å². The topological polar surface area (TPSA) is 44.0 Å². The van der Waals surface area contributed by atoms with E-state index in [1.807, 2.05) is 18.2 Å². The number of rotatable bonds is 4. The number of nitrogens with zero attached hydrogens (tertiary/aromatic N) is 2. The average Bonchev–Trinajstić information content (AvgIpc) is 2.94. The number of aromatic amines is 1. The summed E-state index contributed by atoms with van der Waals surface area (Å²) >= 11 is 0. The van der Waals surface area contributed by atoms with Gasteiger partial charge in [0.2, 0.25) is 0 Å². The van der Waals surface area contributed by atoms with E-state index in [1.54, 1.807) is 0 Å². The van der Waals surface area contributed by atoms with Crippen LogP contribution < -0.4 is 5.32 Å². The Bertz CT molecular complexity index is 599. The molecule has 1 aromatic heterocycles. The van der Waals surface area contributed by atoms with Gasteiger partial charge in [0.15, 0.2) is 0 Å². The van der Waals surface area contributed by atoms with Crippen LogP contribution in [-0.4, -0.2) is 40.5 Å². The molecule has 0 radical (unpaired) electrons. The molecule has 0 spiro atoms. The number of piperidine rings is 1. The number of benzene rings is 1. The lowest BCUT2D eigenvalue weighted by Crippen LogP contribution is -2.43. The minimum Gasteiger partial charge on any atom is -0.341 e. The predicted molar refractivity (Wildman–Crippen MR) is 85.9 cm³/mol. The fourth-order valence-corrected chi connectivity index (χ4v) is 3.00. The van der Waals surface area contributed by atoms with Gasteiger partial charge in [0.1, 0.15) is 5.82 Å². The highest BCUT2D eigenvalue weighted by molar-refractivity contribution is 5.74. The lowest BCUT2D eigenvalue weighted by Gasteiger charge is -2.32. The van der Waals surface area contributed by atoms with Crippen molar-refractivity contribution in [3.63, 3.8) is 0 Å². The number of nitrogens with one attached hydrogen (secondary N) is 2. The van der Waals surface area contributed by atoms with Crippen LogP contribution in [0, 0.1) is 12.3 Å². The summed E-state index contributed by atoms with van der Waals surface area (Å²) in [5.74, 6) is 3.74. The van der Waals surface area contributed by atoms with Crippen molar-refractivity contribution in [1.29, 1.82) is 0 Å². The normalized spacial score (nSPS) is 18.7. The lowest BCUT2D eigenvalue weighted by molar-refractivity contribution is 0.210. The molecule has 1 atom stereocenters. The van der Waals surface area contributed by atoms with Crippen LogP contribution in [0.1, 0.15) is 31.6 Å². The summed E-state index contributed by atoms with van der Waals surface area (Å²) in [4.78, 5) is 10.4. The van der Waals surface area contributed by atoms with Gasteiger partial charge < -0.3 is 10.3 Å². The van der Waals surface area contributed by atoms with Crippen LogP contribution in [0.4, 0.5) is 0 Å². The zero-order valence-electron chi connectivity index (χ0n) is 12.5. The van der Waals surface area contributed by atoms with Crippen LogP contribution in [0.25, 0.3) is 11.0 Å². The van der Waals surface area contributed by atoms with Gasteiger partial charge >= 0.3 is 0 Å². The number of imidazole rings is 1. The van der Waals surface area contributed by atoms with Crippen molar-refractivity contribution in [3.05, 3.63) is 30.1 Å². The summed E-state index contributed by atoms with van der Waals surface area (Å²) < 4.78 is 0. The number of hydrogen-bond donors (Lipinski definition) is 2. The molecule has 1 unspecified atom stereocenters. The Morgan fingerprint density at radius 3 is 2.90 bits per heavy atom.